The fourth-order valence-corrected chi connectivity index (χ4v) is 2.64. The molecule has 1 aliphatic rings. The predicted molar refractivity (Wildman–Crippen MR) is 66.9 cm³/mol. The lowest BCUT2D eigenvalue weighted by molar-refractivity contribution is 0.474. The minimum Gasteiger partial charge on any atom is -0.508 e. The van der Waals surface area contributed by atoms with Gasteiger partial charge < -0.3 is 15.7 Å². The van der Waals surface area contributed by atoms with Crippen molar-refractivity contribution in [3.8, 4) is 5.75 Å². The minimum absolute atomic E-state index is 0.224. The van der Waals surface area contributed by atoms with Crippen molar-refractivity contribution >= 4 is 5.69 Å². The van der Waals surface area contributed by atoms with E-state index in [2.05, 4.69) is 11.8 Å². The van der Waals surface area contributed by atoms with Gasteiger partial charge in [-0.3, -0.25) is 0 Å². The zero-order valence-corrected chi connectivity index (χ0v) is 9.98. The van der Waals surface area contributed by atoms with Crippen molar-refractivity contribution < 1.29 is 5.11 Å². The molecule has 3 N–H and O–H groups in total. The molecule has 88 valence electrons. The van der Waals surface area contributed by atoms with Crippen LogP contribution in [0.3, 0.4) is 0 Å². The van der Waals surface area contributed by atoms with E-state index in [9.17, 15) is 5.11 Å². The van der Waals surface area contributed by atoms with Gasteiger partial charge in [0.05, 0.1) is 0 Å². The number of fused-ring (bicyclic) bond motifs is 1. The van der Waals surface area contributed by atoms with Gasteiger partial charge in [0.25, 0.3) is 0 Å². The van der Waals surface area contributed by atoms with Crippen molar-refractivity contribution in [3.05, 3.63) is 23.8 Å². The number of rotatable bonds is 3. The normalized spacial score (nSPS) is 20.9. The average molecular weight is 220 g/mol. The number of benzene rings is 1. The third-order valence-corrected chi connectivity index (χ3v) is 3.25. The Hall–Kier alpha value is -1.22. The smallest absolute Gasteiger partial charge is 0.116 e. The van der Waals surface area contributed by atoms with Gasteiger partial charge in [-0.05, 0) is 50.5 Å². The molecule has 1 aliphatic heterocycles. The molecule has 16 heavy (non-hydrogen) atoms. The molecule has 1 heterocycles. The molecule has 3 heteroatoms. The van der Waals surface area contributed by atoms with Crippen LogP contribution in [0.4, 0.5) is 5.69 Å². The number of likely N-dealkylation sites (N-methyl/N-ethyl adjacent to an activating group) is 1. The SMILES string of the molecule is CCN1c2ccc(O)cc2CC1CC(C)N. The van der Waals surface area contributed by atoms with Crippen LogP contribution >= 0.6 is 0 Å². The molecule has 0 aliphatic carbocycles. The highest BCUT2D eigenvalue weighted by atomic mass is 16.3. The summed E-state index contributed by atoms with van der Waals surface area (Å²) in [5.74, 6) is 0.358. The first-order valence-corrected chi connectivity index (χ1v) is 5.96. The third-order valence-electron chi connectivity index (χ3n) is 3.25. The number of aromatic hydroxyl groups is 1. The third kappa shape index (κ3) is 2.00. The van der Waals surface area contributed by atoms with Crippen molar-refractivity contribution in [2.75, 3.05) is 11.4 Å². The summed E-state index contributed by atoms with van der Waals surface area (Å²) in [6.45, 7) is 5.21. The van der Waals surface area contributed by atoms with E-state index >= 15 is 0 Å². The predicted octanol–water partition coefficient (Wildman–Crippen LogP) is 1.88. The Bertz CT molecular complexity index is 376. The molecule has 2 rings (SSSR count). The molecule has 2 unspecified atom stereocenters. The number of nitrogens with zero attached hydrogens (tertiary/aromatic N) is 1. The van der Waals surface area contributed by atoms with Crippen LogP contribution in [0.2, 0.25) is 0 Å². The van der Waals surface area contributed by atoms with Gasteiger partial charge in [0.2, 0.25) is 0 Å². The first-order chi connectivity index (χ1) is 7.61. The van der Waals surface area contributed by atoms with Crippen molar-refractivity contribution in [2.24, 2.45) is 5.73 Å². The monoisotopic (exact) mass is 220 g/mol. The summed E-state index contributed by atoms with van der Waals surface area (Å²) in [7, 11) is 0. The molecule has 0 spiro atoms. The van der Waals surface area contributed by atoms with E-state index in [0.717, 1.165) is 19.4 Å². The summed E-state index contributed by atoms with van der Waals surface area (Å²) >= 11 is 0. The van der Waals surface area contributed by atoms with E-state index < -0.39 is 0 Å². The summed E-state index contributed by atoms with van der Waals surface area (Å²) in [6.07, 6.45) is 2.00. The number of hydrogen-bond acceptors (Lipinski definition) is 3. The maximum absolute atomic E-state index is 9.48. The molecule has 0 saturated heterocycles. The molecule has 0 amide bonds. The van der Waals surface area contributed by atoms with Crippen LogP contribution in [0.1, 0.15) is 25.8 Å². The number of anilines is 1. The maximum atomic E-state index is 9.48. The highest BCUT2D eigenvalue weighted by Crippen LogP contribution is 2.35. The van der Waals surface area contributed by atoms with E-state index in [0.29, 0.717) is 11.8 Å². The second-order valence-corrected chi connectivity index (χ2v) is 4.67. The van der Waals surface area contributed by atoms with Gasteiger partial charge >= 0.3 is 0 Å². The second kappa shape index (κ2) is 4.34. The van der Waals surface area contributed by atoms with Crippen LogP contribution in [-0.2, 0) is 6.42 Å². The molecule has 0 saturated carbocycles. The highest BCUT2D eigenvalue weighted by Gasteiger charge is 2.28. The number of hydrogen-bond donors (Lipinski definition) is 2. The standard InChI is InChI=1S/C13H20N2O/c1-3-15-11(6-9(2)14)7-10-8-12(16)4-5-13(10)15/h4-5,8-9,11,16H,3,6-7,14H2,1-2H3. The molecule has 0 fully saturated rings. The zero-order chi connectivity index (χ0) is 11.7. The quantitative estimate of drug-likeness (QED) is 0.817. The first-order valence-electron chi connectivity index (χ1n) is 5.96. The molecule has 0 aromatic heterocycles. The van der Waals surface area contributed by atoms with Crippen LogP contribution in [0.15, 0.2) is 18.2 Å². The van der Waals surface area contributed by atoms with Crippen molar-refractivity contribution in [2.45, 2.75) is 38.8 Å². The topological polar surface area (TPSA) is 49.5 Å². The zero-order valence-electron chi connectivity index (χ0n) is 9.98. The second-order valence-electron chi connectivity index (χ2n) is 4.67. The lowest BCUT2D eigenvalue weighted by Crippen LogP contribution is -2.36. The van der Waals surface area contributed by atoms with Gasteiger partial charge in [-0.25, -0.2) is 0 Å². The van der Waals surface area contributed by atoms with Crippen LogP contribution in [0.5, 0.6) is 5.75 Å². The summed E-state index contributed by atoms with van der Waals surface area (Å²) in [4.78, 5) is 2.39. The molecule has 0 radical (unpaired) electrons. The van der Waals surface area contributed by atoms with Crippen LogP contribution in [0.25, 0.3) is 0 Å². The van der Waals surface area contributed by atoms with E-state index in [4.69, 9.17) is 5.73 Å². The number of phenols is 1. The van der Waals surface area contributed by atoms with Crippen molar-refractivity contribution in [1.29, 1.82) is 0 Å². The molecular formula is C13H20N2O. The fourth-order valence-electron chi connectivity index (χ4n) is 2.64. The average Bonchev–Trinajstić information content (AvgIpc) is 2.52. The Morgan fingerprint density at radius 1 is 1.56 bits per heavy atom. The van der Waals surface area contributed by atoms with Gasteiger partial charge in [0.15, 0.2) is 0 Å². The highest BCUT2D eigenvalue weighted by molar-refractivity contribution is 5.61. The van der Waals surface area contributed by atoms with Gasteiger partial charge in [-0.2, -0.15) is 0 Å². The van der Waals surface area contributed by atoms with E-state index in [1.807, 2.05) is 19.1 Å². The van der Waals surface area contributed by atoms with E-state index in [1.54, 1.807) is 6.07 Å². The Labute approximate surface area is 96.9 Å². The minimum atomic E-state index is 0.224. The summed E-state index contributed by atoms with van der Waals surface area (Å²) in [5.41, 5.74) is 8.38. The molecular weight excluding hydrogens is 200 g/mol. The summed E-state index contributed by atoms with van der Waals surface area (Å²) < 4.78 is 0. The Kier molecular flexibility index (Phi) is 3.06. The first kappa shape index (κ1) is 11.3. The Balaban J connectivity index is 2.25. The van der Waals surface area contributed by atoms with Crippen molar-refractivity contribution in [1.82, 2.24) is 0 Å². The molecule has 3 nitrogen and oxygen atoms in total. The molecule has 1 aromatic rings. The van der Waals surface area contributed by atoms with E-state index in [-0.39, 0.29) is 6.04 Å². The largest absolute Gasteiger partial charge is 0.508 e. The van der Waals surface area contributed by atoms with Gasteiger partial charge in [0.1, 0.15) is 5.75 Å². The Morgan fingerprint density at radius 3 is 2.94 bits per heavy atom. The van der Waals surface area contributed by atoms with Crippen molar-refractivity contribution in [3.63, 3.8) is 0 Å². The van der Waals surface area contributed by atoms with Crippen LogP contribution in [0, 0.1) is 0 Å². The lowest BCUT2D eigenvalue weighted by atomic mass is 10.0. The van der Waals surface area contributed by atoms with Crippen LogP contribution in [-0.4, -0.2) is 23.7 Å². The number of nitrogens with two attached hydrogens (primary N) is 1. The summed E-state index contributed by atoms with van der Waals surface area (Å²) in [6, 6.07) is 6.35. The van der Waals surface area contributed by atoms with Gasteiger partial charge in [0, 0.05) is 24.3 Å². The van der Waals surface area contributed by atoms with Gasteiger partial charge in [-0.1, -0.05) is 0 Å². The fraction of sp³-hybridized carbons (Fsp3) is 0.538. The number of phenolic OH excluding ortho intramolecular Hbond substituents is 1. The Morgan fingerprint density at radius 2 is 2.31 bits per heavy atom. The van der Waals surface area contributed by atoms with Crippen LogP contribution < -0.4 is 10.6 Å². The molecule has 0 bridgehead atoms. The lowest BCUT2D eigenvalue weighted by Gasteiger charge is -2.27. The van der Waals surface area contributed by atoms with Gasteiger partial charge in [-0.15, -0.1) is 0 Å². The van der Waals surface area contributed by atoms with E-state index in [1.165, 1.54) is 11.3 Å². The molecule has 1 aromatic carbocycles. The maximum Gasteiger partial charge on any atom is 0.116 e. The summed E-state index contributed by atoms with van der Waals surface area (Å²) in [5, 5.41) is 9.48. The molecule has 2 atom stereocenters.